The Morgan fingerprint density at radius 1 is 1.26 bits per heavy atom. The summed E-state index contributed by atoms with van der Waals surface area (Å²) in [5, 5.41) is 3.37. The largest absolute Gasteiger partial charge is 0.490 e. The van der Waals surface area contributed by atoms with E-state index in [0.29, 0.717) is 0 Å². The molecule has 1 N–H and O–H groups in total. The van der Waals surface area contributed by atoms with Crippen molar-refractivity contribution in [3.8, 4) is 5.75 Å². The molecule has 0 radical (unpaired) electrons. The molecule has 0 unspecified atom stereocenters. The van der Waals surface area contributed by atoms with Crippen LogP contribution in [0.4, 0.5) is 5.69 Å². The lowest BCUT2D eigenvalue weighted by Crippen LogP contribution is -2.26. The predicted molar refractivity (Wildman–Crippen MR) is 81.0 cm³/mol. The molecule has 1 aliphatic rings. The number of fused-ring (bicyclic) bond motifs is 1. The van der Waals surface area contributed by atoms with E-state index in [2.05, 4.69) is 41.6 Å². The maximum atomic E-state index is 5.58. The van der Waals surface area contributed by atoms with Crippen molar-refractivity contribution in [3.63, 3.8) is 0 Å². The van der Waals surface area contributed by atoms with Gasteiger partial charge in [-0.1, -0.05) is 18.2 Å². The van der Waals surface area contributed by atoms with Gasteiger partial charge >= 0.3 is 0 Å². The molecule has 3 nitrogen and oxygen atoms in total. The normalized spacial score (nSPS) is 13.3. The van der Waals surface area contributed by atoms with E-state index < -0.39 is 0 Å². The van der Waals surface area contributed by atoms with Gasteiger partial charge in [0.15, 0.2) is 0 Å². The van der Waals surface area contributed by atoms with E-state index in [4.69, 9.17) is 4.74 Å². The highest BCUT2D eigenvalue weighted by Crippen LogP contribution is 2.28. The summed E-state index contributed by atoms with van der Waals surface area (Å²) in [6.07, 6.45) is 4.90. The predicted octanol–water partition coefficient (Wildman–Crippen LogP) is 2.71. The van der Waals surface area contributed by atoms with Crippen LogP contribution >= 0.6 is 0 Å². The summed E-state index contributed by atoms with van der Waals surface area (Å²) >= 11 is 0. The summed E-state index contributed by atoms with van der Waals surface area (Å²) in [6, 6.07) is 6.39. The van der Waals surface area contributed by atoms with Crippen molar-refractivity contribution in [2.75, 3.05) is 38.1 Å². The summed E-state index contributed by atoms with van der Waals surface area (Å²) in [5.74, 6) is 0.962. The van der Waals surface area contributed by atoms with Gasteiger partial charge in [-0.15, -0.1) is 13.2 Å². The van der Waals surface area contributed by atoms with Gasteiger partial charge in [0, 0.05) is 26.2 Å². The van der Waals surface area contributed by atoms with Gasteiger partial charge in [-0.3, -0.25) is 4.90 Å². The molecule has 0 aliphatic carbocycles. The fourth-order valence-electron chi connectivity index (χ4n) is 2.25. The topological polar surface area (TPSA) is 24.5 Å². The van der Waals surface area contributed by atoms with Crippen LogP contribution in [0.3, 0.4) is 0 Å². The fraction of sp³-hybridized carbons (Fsp3) is 0.375. The molecule has 0 saturated heterocycles. The first-order chi connectivity index (χ1) is 9.33. The molecule has 2 rings (SSSR count). The number of nitrogens with zero attached hydrogens (tertiary/aromatic N) is 1. The van der Waals surface area contributed by atoms with Crippen molar-refractivity contribution >= 4 is 5.69 Å². The lowest BCUT2D eigenvalue weighted by Gasteiger charge is -2.21. The minimum atomic E-state index is 0.749. The minimum Gasteiger partial charge on any atom is -0.490 e. The van der Waals surface area contributed by atoms with Crippen LogP contribution in [0.5, 0.6) is 5.75 Å². The summed E-state index contributed by atoms with van der Waals surface area (Å²) in [5.41, 5.74) is 2.44. The average Bonchev–Trinajstić information content (AvgIpc) is 2.45. The van der Waals surface area contributed by atoms with Crippen molar-refractivity contribution in [3.05, 3.63) is 49.1 Å². The molecule has 0 amide bonds. The van der Waals surface area contributed by atoms with E-state index >= 15 is 0 Å². The first kappa shape index (κ1) is 13.7. The Balaban J connectivity index is 1.94. The Morgan fingerprint density at radius 3 is 2.79 bits per heavy atom. The number of benzene rings is 1. The monoisotopic (exact) mass is 258 g/mol. The second-order valence-corrected chi connectivity index (χ2v) is 4.69. The van der Waals surface area contributed by atoms with E-state index in [-0.39, 0.29) is 0 Å². The number of nitrogens with one attached hydrogen (secondary N) is 1. The van der Waals surface area contributed by atoms with E-state index in [9.17, 15) is 0 Å². The van der Waals surface area contributed by atoms with E-state index in [1.807, 2.05) is 12.2 Å². The Bertz CT molecular complexity index is 432. The molecule has 1 aliphatic heterocycles. The third kappa shape index (κ3) is 3.86. The van der Waals surface area contributed by atoms with Gasteiger partial charge in [-0.2, -0.15) is 0 Å². The van der Waals surface area contributed by atoms with Crippen molar-refractivity contribution in [1.29, 1.82) is 0 Å². The van der Waals surface area contributed by atoms with Gasteiger partial charge in [-0.05, 0) is 24.1 Å². The van der Waals surface area contributed by atoms with E-state index in [1.54, 1.807) is 0 Å². The molecule has 0 bridgehead atoms. The Hall–Kier alpha value is -1.74. The molecule has 19 heavy (non-hydrogen) atoms. The number of hydrogen-bond acceptors (Lipinski definition) is 3. The SMILES string of the molecule is C=CCN(CC=C)CCc1ccc2c(c1)NCCO2. The number of ether oxygens (including phenoxy) is 1. The molecular weight excluding hydrogens is 236 g/mol. The van der Waals surface area contributed by atoms with Crippen molar-refractivity contribution in [2.24, 2.45) is 0 Å². The van der Waals surface area contributed by atoms with Gasteiger partial charge in [-0.25, -0.2) is 0 Å². The van der Waals surface area contributed by atoms with Crippen LogP contribution < -0.4 is 10.1 Å². The second kappa shape index (κ2) is 7.00. The van der Waals surface area contributed by atoms with Crippen molar-refractivity contribution < 1.29 is 4.74 Å². The lowest BCUT2D eigenvalue weighted by atomic mass is 10.1. The van der Waals surface area contributed by atoms with Crippen LogP contribution in [0, 0.1) is 0 Å². The molecule has 3 heteroatoms. The zero-order valence-corrected chi connectivity index (χ0v) is 11.4. The standard InChI is InChI=1S/C16H22N2O/c1-3-9-18(10-4-2)11-7-14-5-6-16-15(13-14)17-8-12-19-16/h3-6,13,17H,1-2,7-12H2. The maximum absolute atomic E-state index is 5.58. The van der Waals surface area contributed by atoms with Crippen LogP contribution in [0.1, 0.15) is 5.56 Å². The quantitative estimate of drug-likeness (QED) is 0.761. The number of anilines is 1. The van der Waals surface area contributed by atoms with Crippen LogP contribution in [0.25, 0.3) is 0 Å². The molecule has 1 aromatic rings. The van der Waals surface area contributed by atoms with E-state index in [1.165, 1.54) is 5.56 Å². The molecule has 0 spiro atoms. The van der Waals surface area contributed by atoms with Crippen LogP contribution in [0.15, 0.2) is 43.5 Å². The van der Waals surface area contributed by atoms with Crippen LogP contribution in [-0.4, -0.2) is 37.7 Å². The molecule has 1 aromatic carbocycles. The Morgan fingerprint density at radius 2 is 2.05 bits per heavy atom. The highest BCUT2D eigenvalue weighted by Gasteiger charge is 2.10. The second-order valence-electron chi connectivity index (χ2n) is 4.69. The molecule has 0 saturated carbocycles. The molecular formula is C16H22N2O. The van der Waals surface area contributed by atoms with Crippen LogP contribution in [0.2, 0.25) is 0 Å². The molecule has 102 valence electrons. The average molecular weight is 258 g/mol. The molecule has 0 fully saturated rings. The summed E-state index contributed by atoms with van der Waals surface area (Å²) in [4.78, 5) is 2.32. The molecule has 0 aromatic heterocycles. The summed E-state index contributed by atoms with van der Waals surface area (Å²) < 4.78 is 5.58. The fourth-order valence-corrected chi connectivity index (χ4v) is 2.25. The minimum absolute atomic E-state index is 0.749. The van der Waals surface area contributed by atoms with Gasteiger partial charge in [0.25, 0.3) is 0 Å². The number of hydrogen-bond donors (Lipinski definition) is 1. The zero-order chi connectivity index (χ0) is 13.5. The molecule has 1 heterocycles. The first-order valence-electron chi connectivity index (χ1n) is 6.77. The molecule has 0 atom stereocenters. The van der Waals surface area contributed by atoms with Gasteiger partial charge < -0.3 is 10.1 Å². The number of rotatable bonds is 7. The Kier molecular flexibility index (Phi) is 5.04. The first-order valence-corrected chi connectivity index (χ1v) is 6.77. The maximum Gasteiger partial charge on any atom is 0.142 e. The zero-order valence-electron chi connectivity index (χ0n) is 11.4. The lowest BCUT2D eigenvalue weighted by molar-refractivity contribution is 0.322. The van der Waals surface area contributed by atoms with Crippen LogP contribution in [-0.2, 0) is 6.42 Å². The smallest absolute Gasteiger partial charge is 0.142 e. The Labute approximate surface area is 115 Å². The van der Waals surface area contributed by atoms with Gasteiger partial charge in [0.05, 0.1) is 5.69 Å². The highest BCUT2D eigenvalue weighted by atomic mass is 16.5. The van der Waals surface area contributed by atoms with Gasteiger partial charge in [0.2, 0.25) is 0 Å². The van der Waals surface area contributed by atoms with E-state index in [0.717, 1.165) is 50.6 Å². The summed E-state index contributed by atoms with van der Waals surface area (Å²) in [6.45, 7) is 12.0. The third-order valence-electron chi connectivity index (χ3n) is 3.21. The van der Waals surface area contributed by atoms with Gasteiger partial charge in [0.1, 0.15) is 12.4 Å². The highest BCUT2D eigenvalue weighted by molar-refractivity contribution is 5.59. The third-order valence-corrected chi connectivity index (χ3v) is 3.21. The van der Waals surface area contributed by atoms with Crippen molar-refractivity contribution in [1.82, 2.24) is 4.90 Å². The van der Waals surface area contributed by atoms with Crippen molar-refractivity contribution in [2.45, 2.75) is 6.42 Å². The summed E-state index contributed by atoms with van der Waals surface area (Å²) in [7, 11) is 0.